The molecule has 6 atom stereocenters. The summed E-state index contributed by atoms with van der Waals surface area (Å²) in [4.78, 5) is 11.7. The number of hydrogen-bond acceptors (Lipinski definition) is 3. The van der Waals surface area contributed by atoms with Gasteiger partial charge in [-0.05, 0) is 47.0 Å². The molecule has 0 aromatic heterocycles. The third-order valence-electron chi connectivity index (χ3n) is 5.41. The molecule has 1 aliphatic carbocycles. The first kappa shape index (κ1) is 20.0. The summed E-state index contributed by atoms with van der Waals surface area (Å²) in [6.45, 7) is 9.86. The van der Waals surface area contributed by atoms with E-state index in [4.69, 9.17) is 21.1 Å². The zero-order valence-electron chi connectivity index (χ0n) is 14.5. The maximum Gasteiger partial charge on any atom is 0.302 e. The summed E-state index contributed by atoms with van der Waals surface area (Å²) in [5, 5.41) is 0. The van der Waals surface area contributed by atoms with Crippen molar-refractivity contribution in [3.05, 3.63) is 0 Å². The summed E-state index contributed by atoms with van der Waals surface area (Å²) in [6.07, 6.45) is 3.23. The summed E-state index contributed by atoms with van der Waals surface area (Å²) >= 11 is 14.1. The molecule has 3 nitrogen and oxygen atoms in total. The number of rotatable bonds is 2. The Morgan fingerprint density at radius 2 is 1.83 bits per heavy atom. The van der Waals surface area contributed by atoms with Crippen molar-refractivity contribution in [3.8, 4) is 0 Å². The highest BCUT2D eigenvalue weighted by molar-refractivity contribution is 9.09. The number of hydrogen-bond donors (Lipinski definition) is 0. The fourth-order valence-corrected chi connectivity index (χ4v) is 5.15. The Morgan fingerprint density at radius 3 is 2.35 bits per heavy atom. The van der Waals surface area contributed by atoms with Gasteiger partial charge in [-0.1, -0.05) is 31.9 Å². The van der Waals surface area contributed by atoms with Crippen LogP contribution in [0.3, 0.4) is 0 Å². The number of alkyl halides is 3. The Bertz CT molecular complexity index is 469. The molecule has 0 bridgehead atoms. The topological polar surface area (TPSA) is 35.5 Å². The zero-order chi connectivity index (χ0) is 17.6. The quantitative estimate of drug-likeness (QED) is 0.408. The van der Waals surface area contributed by atoms with E-state index >= 15 is 0 Å². The molecule has 0 aromatic rings. The second kappa shape index (κ2) is 6.77. The van der Waals surface area contributed by atoms with E-state index in [-0.39, 0.29) is 34.0 Å². The van der Waals surface area contributed by atoms with Gasteiger partial charge in [-0.3, -0.25) is 4.79 Å². The molecule has 6 heteroatoms. The lowest BCUT2D eigenvalue weighted by Gasteiger charge is -2.54. The smallest absolute Gasteiger partial charge is 0.302 e. The van der Waals surface area contributed by atoms with E-state index in [1.165, 1.54) is 6.92 Å². The van der Waals surface area contributed by atoms with Crippen LogP contribution in [0, 0.1) is 5.92 Å². The maximum atomic E-state index is 11.6. The minimum absolute atomic E-state index is 0.127. The van der Waals surface area contributed by atoms with Gasteiger partial charge in [-0.25, -0.2) is 0 Å². The van der Waals surface area contributed by atoms with E-state index in [1.807, 2.05) is 6.92 Å². The molecular weight excluding hydrogens is 447 g/mol. The molecule has 1 heterocycles. The van der Waals surface area contributed by atoms with E-state index in [0.717, 1.165) is 19.3 Å². The molecule has 23 heavy (non-hydrogen) atoms. The fourth-order valence-electron chi connectivity index (χ4n) is 4.00. The monoisotopic (exact) mass is 472 g/mol. The van der Waals surface area contributed by atoms with Crippen LogP contribution in [0.2, 0.25) is 0 Å². The lowest BCUT2D eigenvalue weighted by molar-refractivity contribution is -0.213. The molecule has 1 aliphatic heterocycles. The minimum Gasteiger partial charge on any atom is -0.462 e. The van der Waals surface area contributed by atoms with E-state index < -0.39 is 4.87 Å². The first-order valence-electron chi connectivity index (χ1n) is 8.22. The molecule has 6 unspecified atom stereocenters. The molecule has 0 aromatic carbocycles. The largest absolute Gasteiger partial charge is 0.462 e. The molecule has 0 N–H and O–H groups in total. The standard InChI is InChI=1S/C17H27Br2ClO3/c1-10(21)22-12-9-16(4,20)14(19)8-11(12)17(5)7-6-13(18)15(2,3)23-17/h11-14H,6-9H2,1-5H3. The highest BCUT2D eigenvalue weighted by Gasteiger charge is 2.54. The highest BCUT2D eigenvalue weighted by atomic mass is 79.9. The molecule has 1 saturated heterocycles. The van der Waals surface area contributed by atoms with E-state index in [9.17, 15) is 4.79 Å². The second-order valence-corrected chi connectivity index (χ2v) is 11.0. The molecule has 1 saturated carbocycles. The number of esters is 1. The summed E-state index contributed by atoms with van der Waals surface area (Å²) < 4.78 is 12.2. The highest BCUT2D eigenvalue weighted by Crippen LogP contribution is 2.51. The summed E-state index contributed by atoms with van der Waals surface area (Å²) in [6, 6.07) is 0. The average molecular weight is 475 g/mol. The summed E-state index contributed by atoms with van der Waals surface area (Å²) in [5.74, 6) is -0.126. The van der Waals surface area contributed by atoms with Crippen molar-refractivity contribution in [2.24, 2.45) is 5.92 Å². The van der Waals surface area contributed by atoms with Gasteiger partial charge in [0.2, 0.25) is 0 Å². The van der Waals surface area contributed by atoms with E-state index in [1.54, 1.807) is 0 Å². The molecule has 2 fully saturated rings. The van der Waals surface area contributed by atoms with Crippen molar-refractivity contribution in [1.29, 1.82) is 0 Å². The van der Waals surface area contributed by atoms with Crippen molar-refractivity contribution in [2.45, 2.75) is 92.1 Å². The molecule has 134 valence electrons. The first-order chi connectivity index (χ1) is 10.4. The Hall–Kier alpha value is 0.680. The van der Waals surface area contributed by atoms with Crippen LogP contribution in [0.4, 0.5) is 0 Å². The van der Waals surface area contributed by atoms with Gasteiger partial charge >= 0.3 is 5.97 Å². The Balaban J connectivity index is 2.28. The predicted octanol–water partition coefficient (Wildman–Crippen LogP) is 5.20. The molecule has 2 aliphatic rings. The summed E-state index contributed by atoms with van der Waals surface area (Å²) in [7, 11) is 0. The SMILES string of the molecule is CC(=O)OC1CC(C)(Cl)C(Br)CC1C1(C)CCC(Br)C(C)(C)O1. The fraction of sp³-hybridized carbons (Fsp3) is 0.941. The van der Waals surface area contributed by atoms with Gasteiger partial charge in [-0.15, -0.1) is 11.6 Å². The van der Waals surface area contributed by atoms with Gasteiger partial charge in [0.15, 0.2) is 0 Å². The lowest BCUT2D eigenvalue weighted by atomic mass is 9.69. The van der Waals surface area contributed by atoms with Crippen molar-refractivity contribution >= 4 is 49.4 Å². The molecule has 0 amide bonds. The van der Waals surface area contributed by atoms with E-state index in [0.29, 0.717) is 11.2 Å². The van der Waals surface area contributed by atoms with Crippen LogP contribution < -0.4 is 0 Å². The average Bonchev–Trinajstić information content (AvgIpc) is 2.37. The van der Waals surface area contributed by atoms with Crippen LogP contribution in [-0.4, -0.2) is 37.8 Å². The first-order valence-corrected chi connectivity index (χ1v) is 10.4. The zero-order valence-corrected chi connectivity index (χ0v) is 18.4. The van der Waals surface area contributed by atoms with Crippen LogP contribution in [-0.2, 0) is 14.3 Å². The van der Waals surface area contributed by atoms with Gasteiger partial charge in [0.1, 0.15) is 6.10 Å². The molecular formula is C17H27Br2ClO3. The normalized spacial score (nSPS) is 47.1. The Labute approximate surface area is 161 Å². The van der Waals surface area contributed by atoms with Crippen molar-refractivity contribution in [1.82, 2.24) is 0 Å². The molecule has 0 radical (unpaired) electrons. The van der Waals surface area contributed by atoms with Gasteiger partial charge < -0.3 is 9.47 Å². The number of ether oxygens (including phenoxy) is 2. The minimum atomic E-state index is -0.422. The number of carbonyl (C=O) groups excluding carboxylic acids is 1. The van der Waals surface area contributed by atoms with Crippen molar-refractivity contribution < 1.29 is 14.3 Å². The third-order valence-corrected chi connectivity index (χ3v) is 9.04. The van der Waals surface area contributed by atoms with Crippen LogP contribution in [0.1, 0.15) is 60.3 Å². The third kappa shape index (κ3) is 4.27. The van der Waals surface area contributed by atoms with Crippen LogP contribution in [0.15, 0.2) is 0 Å². The number of halogens is 3. The van der Waals surface area contributed by atoms with Gasteiger partial charge in [-0.2, -0.15) is 0 Å². The predicted molar refractivity (Wildman–Crippen MR) is 101 cm³/mol. The van der Waals surface area contributed by atoms with Crippen molar-refractivity contribution in [2.75, 3.05) is 0 Å². The molecule has 0 spiro atoms. The van der Waals surface area contributed by atoms with Gasteiger partial charge in [0.25, 0.3) is 0 Å². The van der Waals surface area contributed by atoms with Gasteiger partial charge in [0.05, 0.1) is 16.1 Å². The van der Waals surface area contributed by atoms with E-state index in [2.05, 4.69) is 52.6 Å². The number of carbonyl (C=O) groups is 1. The lowest BCUT2D eigenvalue weighted by Crippen LogP contribution is -2.59. The van der Waals surface area contributed by atoms with Crippen molar-refractivity contribution in [3.63, 3.8) is 0 Å². The Kier molecular flexibility index (Phi) is 5.89. The Morgan fingerprint density at radius 1 is 1.22 bits per heavy atom. The van der Waals surface area contributed by atoms with Gasteiger partial charge in [0, 0.05) is 28.9 Å². The summed E-state index contributed by atoms with van der Waals surface area (Å²) in [5.41, 5.74) is -0.579. The molecule has 2 rings (SSSR count). The van der Waals surface area contributed by atoms with Crippen LogP contribution >= 0.6 is 43.5 Å². The maximum absolute atomic E-state index is 11.6. The second-order valence-electron chi connectivity index (χ2n) is 7.96. The van der Waals surface area contributed by atoms with Crippen LogP contribution in [0.25, 0.3) is 0 Å². The van der Waals surface area contributed by atoms with Crippen LogP contribution in [0.5, 0.6) is 0 Å².